The Kier molecular flexibility index (Phi) is 3.87. The number of furan rings is 1. The van der Waals surface area contributed by atoms with Crippen LogP contribution in [-0.2, 0) is 12.8 Å². The Bertz CT molecular complexity index is 552. The van der Waals surface area contributed by atoms with Crippen LogP contribution in [0.3, 0.4) is 0 Å². The van der Waals surface area contributed by atoms with E-state index < -0.39 is 0 Å². The third-order valence-corrected chi connectivity index (χ3v) is 2.78. The smallest absolute Gasteiger partial charge is 0.342 e. The fourth-order valence-corrected chi connectivity index (χ4v) is 1.91. The van der Waals surface area contributed by atoms with Gasteiger partial charge >= 0.3 is 5.63 Å². The molecule has 0 saturated heterocycles. The predicted molar refractivity (Wildman–Crippen MR) is 67.0 cm³/mol. The van der Waals surface area contributed by atoms with Gasteiger partial charge in [0.15, 0.2) is 0 Å². The first-order valence-electron chi connectivity index (χ1n) is 5.90. The Morgan fingerprint density at radius 2 is 2.17 bits per heavy atom. The average molecular weight is 248 g/mol. The summed E-state index contributed by atoms with van der Waals surface area (Å²) in [6, 6.07) is 5.52. The van der Waals surface area contributed by atoms with E-state index >= 15 is 0 Å². The molecule has 0 atom stereocenters. The molecule has 2 heterocycles. The van der Waals surface area contributed by atoms with E-state index in [2.05, 4.69) is 0 Å². The van der Waals surface area contributed by atoms with E-state index in [0.29, 0.717) is 23.5 Å². The van der Waals surface area contributed by atoms with Gasteiger partial charge in [0.05, 0.1) is 18.9 Å². The van der Waals surface area contributed by atoms with Gasteiger partial charge in [0.1, 0.15) is 17.3 Å². The van der Waals surface area contributed by atoms with Crippen LogP contribution in [0, 0.1) is 6.92 Å². The molecule has 4 heteroatoms. The van der Waals surface area contributed by atoms with Crippen LogP contribution in [0.1, 0.15) is 23.5 Å². The van der Waals surface area contributed by atoms with Crippen molar-refractivity contribution in [1.29, 1.82) is 0 Å². The monoisotopic (exact) mass is 248 g/mol. The molecule has 0 fully saturated rings. The second kappa shape index (κ2) is 5.58. The Hall–Kier alpha value is -1.97. The van der Waals surface area contributed by atoms with Gasteiger partial charge in [-0.3, -0.25) is 0 Å². The average Bonchev–Trinajstić information content (AvgIpc) is 2.84. The lowest BCUT2D eigenvalue weighted by molar-refractivity contribution is 0.386. The van der Waals surface area contributed by atoms with Gasteiger partial charge in [-0.05, 0) is 31.9 Å². The zero-order valence-corrected chi connectivity index (χ0v) is 10.6. The van der Waals surface area contributed by atoms with Crippen LogP contribution < -0.4 is 10.4 Å². The van der Waals surface area contributed by atoms with E-state index in [1.54, 1.807) is 26.4 Å². The molecule has 0 aliphatic carbocycles. The van der Waals surface area contributed by atoms with E-state index in [9.17, 15) is 4.79 Å². The lowest BCUT2D eigenvalue weighted by Crippen LogP contribution is -2.10. The zero-order valence-electron chi connectivity index (χ0n) is 10.6. The lowest BCUT2D eigenvalue weighted by Gasteiger charge is -2.06. The molecule has 2 rings (SSSR count). The minimum atomic E-state index is -0.314. The highest BCUT2D eigenvalue weighted by molar-refractivity contribution is 5.31. The predicted octanol–water partition coefficient (Wildman–Crippen LogP) is 2.73. The summed E-state index contributed by atoms with van der Waals surface area (Å²) in [5, 5.41) is 0. The van der Waals surface area contributed by atoms with Gasteiger partial charge in [-0.2, -0.15) is 0 Å². The maximum atomic E-state index is 11.7. The van der Waals surface area contributed by atoms with Crippen LogP contribution in [0.5, 0.6) is 5.75 Å². The first-order chi connectivity index (χ1) is 8.70. The summed E-state index contributed by atoms with van der Waals surface area (Å²) in [6.07, 6.45) is 3.88. The number of hydrogen-bond acceptors (Lipinski definition) is 4. The van der Waals surface area contributed by atoms with Crippen molar-refractivity contribution < 1.29 is 13.6 Å². The van der Waals surface area contributed by atoms with Crippen LogP contribution in [0.2, 0.25) is 0 Å². The number of methoxy groups -OCH3 is 1. The molecule has 2 aromatic rings. The molecule has 2 aromatic heterocycles. The van der Waals surface area contributed by atoms with Gasteiger partial charge < -0.3 is 13.6 Å². The summed E-state index contributed by atoms with van der Waals surface area (Å²) in [5.41, 5.74) is 0.279. The van der Waals surface area contributed by atoms with Crippen molar-refractivity contribution in [1.82, 2.24) is 0 Å². The molecule has 0 aliphatic rings. The summed E-state index contributed by atoms with van der Waals surface area (Å²) in [6.45, 7) is 1.73. The molecule has 0 aromatic carbocycles. The first kappa shape index (κ1) is 12.5. The van der Waals surface area contributed by atoms with Crippen LogP contribution in [0.25, 0.3) is 0 Å². The van der Waals surface area contributed by atoms with E-state index in [4.69, 9.17) is 13.6 Å². The molecule has 0 N–H and O–H groups in total. The zero-order chi connectivity index (χ0) is 13.0. The summed E-state index contributed by atoms with van der Waals surface area (Å²) in [4.78, 5) is 11.7. The second-order valence-corrected chi connectivity index (χ2v) is 4.12. The molecule has 18 heavy (non-hydrogen) atoms. The lowest BCUT2D eigenvalue weighted by atomic mass is 10.1. The number of hydrogen-bond donors (Lipinski definition) is 0. The quantitative estimate of drug-likeness (QED) is 0.816. The highest BCUT2D eigenvalue weighted by Gasteiger charge is 2.11. The summed E-state index contributed by atoms with van der Waals surface area (Å²) < 4.78 is 15.5. The molecule has 0 amide bonds. The van der Waals surface area contributed by atoms with Gasteiger partial charge in [-0.1, -0.05) is 0 Å². The van der Waals surface area contributed by atoms with E-state index in [0.717, 1.165) is 18.6 Å². The third kappa shape index (κ3) is 2.83. The Morgan fingerprint density at radius 1 is 1.33 bits per heavy atom. The van der Waals surface area contributed by atoms with Crippen molar-refractivity contribution >= 4 is 0 Å². The van der Waals surface area contributed by atoms with Crippen LogP contribution in [0.4, 0.5) is 0 Å². The van der Waals surface area contributed by atoms with Gasteiger partial charge in [0.2, 0.25) is 0 Å². The van der Waals surface area contributed by atoms with Crippen molar-refractivity contribution in [3.05, 3.63) is 52.0 Å². The van der Waals surface area contributed by atoms with Crippen LogP contribution in [0.15, 0.2) is 38.1 Å². The largest absolute Gasteiger partial charge is 0.496 e. The van der Waals surface area contributed by atoms with Gasteiger partial charge in [-0.25, -0.2) is 4.79 Å². The molecule has 96 valence electrons. The first-order valence-corrected chi connectivity index (χ1v) is 5.90. The highest BCUT2D eigenvalue weighted by Crippen LogP contribution is 2.18. The van der Waals surface area contributed by atoms with Gasteiger partial charge in [-0.15, -0.1) is 0 Å². The molecule has 0 aliphatic heterocycles. The molecule has 4 nitrogen and oxygen atoms in total. The Morgan fingerprint density at radius 3 is 2.83 bits per heavy atom. The molecule has 0 radical (unpaired) electrons. The molecule has 0 spiro atoms. The van der Waals surface area contributed by atoms with Crippen molar-refractivity contribution in [2.75, 3.05) is 7.11 Å². The fourth-order valence-electron chi connectivity index (χ4n) is 1.91. The molecule has 0 bridgehead atoms. The molecular formula is C14H16O4. The SMILES string of the molecule is COc1cc(C)oc(=O)c1CCCc1ccco1. The molecular weight excluding hydrogens is 232 g/mol. The van der Waals surface area contributed by atoms with Gasteiger partial charge in [0.25, 0.3) is 0 Å². The minimum absolute atomic E-state index is 0.314. The Labute approximate surface area is 105 Å². The molecule has 0 unspecified atom stereocenters. The van der Waals surface area contributed by atoms with Crippen LogP contribution >= 0.6 is 0 Å². The third-order valence-electron chi connectivity index (χ3n) is 2.78. The van der Waals surface area contributed by atoms with Crippen LogP contribution in [-0.4, -0.2) is 7.11 Å². The molecule has 0 saturated carbocycles. The van der Waals surface area contributed by atoms with Crippen molar-refractivity contribution in [2.24, 2.45) is 0 Å². The second-order valence-electron chi connectivity index (χ2n) is 4.12. The number of aryl methyl sites for hydroxylation is 2. The summed E-state index contributed by atoms with van der Waals surface area (Å²) >= 11 is 0. The summed E-state index contributed by atoms with van der Waals surface area (Å²) in [5.74, 6) is 2.08. The standard InChI is InChI=1S/C14H16O4/c1-10-9-13(16-2)12(14(15)18-10)7-3-5-11-6-4-8-17-11/h4,6,8-9H,3,5,7H2,1-2H3. The van der Waals surface area contributed by atoms with Crippen molar-refractivity contribution in [3.8, 4) is 5.75 Å². The van der Waals surface area contributed by atoms with Crippen molar-refractivity contribution in [2.45, 2.75) is 26.2 Å². The van der Waals surface area contributed by atoms with Crippen molar-refractivity contribution in [3.63, 3.8) is 0 Å². The highest BCUT2D eigenvalue weighted by atomic mass is 16.5. The summed E-state index contributed by atoms with van der Waals surface area (Å²) in [7, 11) is 1.56. The Balaban J connectivity index is 2.07. The number of ether oxygens (including phenoxy) is 1. The minimum Gasteiger partial charge on any atom is -0.496 e. The normalized spacial score (nSPS) is 10.6. The fraction of sp³-hybridized carbons (Fsp3) is 0.357. The van der Waals surface area contributed by atoms with E-state index in [-0.39, 0.29) is 5.63 Å². The van der Waals surface area contributed by atoms with E-state index in [1.165, 1.54) is 0 Å². The maximum Gasteiger partial charge on any atom is 0.342 e. The topological polar surface area (TPSA) is 52.6 Å². The number of rotatable bonds is 5. The maximum absolute atomic E-state index is 11.7. The van der Waals surface area contributed by atoms with Gasteiger partial charge in [0, 0.05) is 12.5 Å². The van der Waals surface area contributed by atoms with E-state index in [1.807, 2.05) is 12.1 Å².